The monoisotopic (exact) mass is 561 g/mol. The van der Waals surface area contributed by atoms with Crippen LogP contribution in [0.5, 0.6) is 11.5 Å². The number of phenols is 1. The van der Waals surface area contributed by atoms with Gasteiger partial charge in [0.15, 0.2) is 19.7 Å². The van der Waals surface area contributed by atoms with E-state index < -0.39 is 59.9 Å². The number of aromatic hydroxyl groups is 1. The molecule has 3 aromatic carbocycles. The SMILES string of the molecule is CS(=O)(=O)c1cc(NC(=O)c2ccc(CCS(=O)(=O)c3ccc(OC(F)(F)F)cc3)c(F)c2)ccc1O. The van der Waals surface area contributed by atoms with E-state index in [0.717, 1.165) is 48.7 Å². The second kappa shape index (κ2) is 10.4. The lowest BCUT2D eigenvalue weighted by Crippen LogP contribution is -2.17. The van der Waals surface area contributed by atoms with Crippen LogP contribution in [-0.2, 0) is 26.1 Å². The van der Waals surface area contributed by atoms with E-state index in [1.165, 1.54) is 18.2 Å². The molecule has 1 amide bonds. The predicted molar refractivity (Wildman–Crippen MR) is 124 cm³/mol. The van der Waals surface area contributed by atoms with Gasteiger partial charge in [0, 0.05) is 17.5 Å². The van der Waals surface area contributed by atoms with Crippen LogP contribution in [0, 0.1) is 5.82 Å². The highest BCUT2D eigenvalue weighted by Gasteiger charge is 2.31. The third-order valence-electron chi connectivity index (χ3n) is 4.99. The van der Waals surface area contributed by atoms with Crippen molar-refractivity contribution in [3.8, 4) is 11.5 Å². The van der Waals surface area contributed by atoms with Gasteiger partial charge in [-0.05, 0) is 66.6 Å². The fraction of sp³-hybridized carbons (Fsp3) is 0.174. The number of carbonyl (C=O) groups is 1. The molecule has 0 bridgehead atoms. The van der Waals surface area contributed by atoms with E-state index in [9.17, 15) is 44.3 Å². The Kier molecular flexibility index (Phi) is 7.83. The first kappa shape index (κ1) is 27.9. The van der Waals surface area contributed by atoms with Crippen molar-refractivity contribution in [3.63, 3.8) is 0 Å². The molecule has 3 rings (SSSR count). The molecule has 0 saturated heterocycles. The molecule has 0 aromatic heterocycles. The summed E-state index contributed by atoms with van der Waals surface area (Å²) in [6, 6.07) is 10.3. The summed E-state index contributed by atoms with van der Waals surface area (Å²) in [6.45, 7) is 0. The number of ether oxygens (including phenoxy) is 1. The minimum absolute atomic E-state index is 0.0267. The van der Waals surface area contributed by atoms with Gasteiger partial charge in [-0.1, -0.05) is 6.07 Å². The standard InChI is InChI=1S/C23H19F4NO7S2/c1-36(31,32)21-13-16(4-9-20(21)29)28-22(30)15-3-2-14(19(24)12-15)10-11-37(33,34)18-7-5-17(6-8-18)35-23(25,26)27/h2-9,12-13,29H,10-11H2,1H3,(H,28,30). The number of hydrogen-bond acceptors (Lipinski definition) is 7. The van der Waals surface area contributed by atoms with Crippen LogP contribution < -0.4 is 10.1 Å². The second-order valence-corrected chi connectivity index (χ2v) is 11.9. The summed E-state index contributed by atoms with van der Waals surface area (Å²) in [4.78, 5) is 11.8. The molecule has 0 aliphatic carbocycles. The molecular weight excluding hydrogens is 542 g/mol. The van der Waals surface area contributed by atoms with E-state index in [1.807, 2.05) is 0 Å². The first-order valence-corrected chi connectivity index (χ1v) is 13.8. The van der Waals surface area contributed by atoms with Gasteiger partial charge in [-0.25, -0.2) is 21.2 Å². The third kappa shape index (κ3) is 7.43. The Hall–Kier alpha value is -3.65. The fourth-order valence-electron chi connectivity index (χ4n) is 3.19. The van der Waals surface area contributed by atoms with Crippen LogP contribution in [0.4, 0.5) is 23.2 Å². The average Bonchev–Trinajstić information content (AvgIpc) is 2.78. The van der Waals surface area contributed by atoms with Crippen LogP contribution in [0.2, 0.25) is 0 Å². The molecule has 0 heterocycles. The summed E-state index contributed by atoms with van der Waals surface area (Å²) < 4.78 is 103. The zero-order chi connectivity index (χ0) is 27.6. The van der Waals surface area contributed by atoms with Crippen LogP contribution in [0.15, 0.2) is 70.5 Å². The maximum Gasteiger partial charge on any atom is 0.573 e. The van der Waals surface area contributed by atoms with Gasteiger partial charge in [-0.15, -0.1) is 13.2 Å². The largest absolute Gasteiger partial charge is 0.573 e. The maximum absolute atomic E-state index is 14.6. The van der Waals surface area contributed by atoms with Gasteiger partial charge in [0.05, 0.1) is 10.6 Å². The number of halogens is 4. The average molecular weight is 562 g/mol. The molecular formula is C23H19F4NO7S2. The van der Waals surface area contributed by atoms with Crippen molar-refractivity contribution in [1.82, 2.24) is 0 Å². The Labute approximate surface area is 209 Å². The molecule has 37 heavy (non-hydrogen) atoms. The van der Waals surface area contributed by atoms with Crippen LogP contribution in [0.1, 0.15) is 15.9 Å². The summed E-state index contributed by atoms with van der Waals surface area (Å²) in [6.07, 6.45) is -4.34. The van der Waals surface area contributed by atoms with Crippen molar-refractivity contribution >= 4 is 31.3 Å². The number of amides is 1. The van der Waals surface area contributed by atoms with E-state index in [4.69, 9.17) is 0 Å². The lowest BCUT2D eigenvalue weighted by molar-refractivity contribution is -0.274. The summed E-state index contributed by atoms with van der Waals surface area (Å²) in [7, 11) is -7.75. The van der Waals surface area contributed by atoms with E-state index in [1.54, 1.807) is 0 Å². The number of anilines is 1. The smallest absolute Gasteiger partial charge is 0.507 e. The molecule has 0 unspecified atom stereocenters. The fourth-order valence-corrected chi connectivity index (χ4v) is 5.26. The van der Waals surface area contributed by atoms with Crippen LogP contribution in [-0.4, -0.2) is 46.2 Å². The second-order valence-electron chi connectivity index (χ2n) is 7.80. The summed E-state index contributed by atoms with van der Waals surface area (Å²) in [5, 5.41) is 12.1. The van der Waals surface area contributed by atoms with Gasteiger partial charge in [0.25, 0.3) is 5.91 Å². The molecule has 14 heteroatoms. The number of sulfone groups is 2. The molecule has 2 N–H and O–H groups in total. The lowest BCUT2D eigenvalue weighted by atomic mass is 10.1. The summed E-state index contributed by atoms with van der Waals surface area (Å²) >= 11 is 0. The minimum Gasteiger partial charge on any atom is -0.507 e. The molecule has 0 atom stereocenters. The van der Waals surface area contributed by atoms with Gasteiger partial charge >= 0.3 is 6.36 Å². The maximum atomic E-state index is 14.6. The number of aryl methyl sites for hydroxylation is 1. The molecule has 0 aliphatic heterocycles. The van der Waals surface area contributed by atoms with Crippen LogP contribution in [0.25, 0.3) is 0 Å². The number of benzene rings is 3. The highest BCUT2D eigenvalue weighted by atomic mass is 32.2. The Bertz CT molecular complexity index is 1540. The first-order chi connectivity index (χ1) is 17.0. The van der Waals surface area contributed by atoms with Gasteiger partial charge in [-0.3, -0.25) is 4.79 Å². The first-order valence-electron chi connectivity index (χ1n) is 10.3. The molecule has 8 nitrogen and oxygen atoms in total. The van der Waals surface area contributed by atoms with Crippen LogP contribution in [0.3, 0.4) is 0 Å². The molecule has 3 aromatic rings. The van der Waals surface area contributed by atoms with Gasteiger partial charge in [0.2, 0.25) is 0 Å². The van der Waals surface area contributed by atoms with Crippen molar-refractivity contribution in [3.05, 3.63) is 77.6 Å². The van der Waals surface area contributed by atoms with Crippen LogP contribution >= 0.6 is 0 Å². The highest BCUT2D eigenvalue weighted by Crippen LogP contribution is 2.27. The molecule has 0 radical (unpaired) electrons. The van der Waals surface area contributed by atoms with E-state index in [0.29, 0.717) is 0 Å². The molecule has 0 aliphatic rings. The zero-order valence-corrected chi connectivity index (χ0v) is 20.5. The zero-order valence-electron chi connectivity index (χ0n) is 18.9. The predicted octanol–water partition coefficient (Wildman–Crippen LogP) is 4.10. The molecule has 0 fully saturated rings. The normalized spacial score (nSPS) is 12.2. The number of alkyl halides is 3. The minimum atomic E-state index is -4.93. The Balaban J connectivity index is 1.69. The van der Waals surface area contributed by atoms with Crippen molar-refractivity contribution in [2.24, 2.45) is 0 Å². The summed E-state index contributed by atoms with van der Waals surface area (Å²) in [5.41, 5.74) is -0.134. The highest BCUT2D eigenvalue weighted by molar-refractivity contribution is 7.91. The topological polar surface area (TPSA) is 127 Å². The van der Waals surface area contributed by atoms with Crippen molar-refractivity contribution < 1.29 is 49.0 Å². The molecule has 198 valence electrons. The van der Waals surface area contributed by atoms with Crippen molar-refractivity contribution in [2.75, 3.05) is 17.3 Å². The Morgan fingerprint density at radius 1 is 0.973 bits per heavy atom. The number of rotatable bonds is 8. The molecule has 0 spiro atoms. The third-order valence-corrected chi connectivity index (χ3v) is 7.85. The number of nitrogens with one attached hydrogen (secondary N) is 1. The van der Waals surface area contributed by atoms with E-state index in [-0.39, 0.29) is 28.1 Å². The quantitative estimate of drug-likeness (QED) is 0.313. The van der Waals surface area contributed by atoms with Gasteiger partial charge in [0.1, 0.15) is 22.2 Å². The Morgan fingerprint density at radius 3 is 2.19 bits per heavy atom. The van der Waals surface area contributed by atoms with Crippen molar-refractivity contribution in [2.45, 2.75) is 22.6 Å². The Morgan fingerprint density at radius 2 is 1.62 bits per heavy atom. The number of hydrogen-bond donors (Lipinski definition) is 2. The molecule has 0 saturated carbocycles. The van der Waals surface area contributed by atoms with Crippen molar-refractivity contribution in [1.29, 1.82) is 0 Å². The number of carbonyl (C=O) groups excluding carboxylic acids is 1. The lowest BCUT2D eigenvalue weighted by Gasteiger charge is -2.11. The van der Waals surface area contributed by atoms with E-state index in [2.05, 4.69) is 10.1 Å². The number of phenolic OH excluding ortho intramolecular Hbond substituents is 1. The van der Waals surface area contributed by atoms with Gasteiger partial charge < -0.3 is 15.2 Å². The van der Waals surface area contributed by atoms with Gasteiger partial charge in [-0.2, -0.15) is 0 Å². The summed E-state index contributed by atoms with van der Waals surface area (Å²) in [5.74, 6) is -3.32. The van der Waals surface area contributed by atoms with E-state index >= 15 is 0 Å².